The lowest BCUT2D eigenvalue weighted by molar-refractivity contribution is -0.383. The van der Waals surface area contributed by atoms with Gasteiger partial charge in [-0.25, -0.2) is 0 Å². The number of benzene rings is 2. The van der Waals surface area contributed by atoms with Gasteiger partial charge in [0.05, 0.1) is 21.9 Å². The molecule has 0 N–H and O–H groups in total. The highest BCUT2D eigenvalue weighted by Crippen LogP contribution is 2.40. The predicted molar refractivity (Wildman–Crippen MR) is 108 cm³/mol. The Bertz CT molecular complexity index is 1090. The van der Waals surface area contributed by atoms with Gasteiger partial charge >= 0.3 is 12.1 Å². The quantitative estimate of drug-likeness (QED) is 0.220. The highest BCUT2D eigenvalue weighted by Gasteiger charge is 2.32. The molecule has 2 unspecified atom stereocenters. The molecule has 1 fully saturated rings. The first-order valence-electron chi connectivity index (χ1n) is 9.26. The molecule has 1 aliphatic rings. The van der Waals surface area contributed by atoms with Crippen molar-refractivity contribution in [1.29, 1.82) is 0 Å². The molecule has 32 heavy (non-hydrogen) atoms. The van der Waals surface area contributed by atoms with E-state index in [0.29, 0.717) is 11.6 Å². The van der Waals surface area contributed by atoms with Crippen LogP contribution in [0.3, 0.4) is 0 Å². The molecule has 2 aromatic carbocycles. The number of nitro groups is 1. The predicted octanol–water partition coefficient (Wildman–Crippen LogP) is 5.40. The third-order valence-electron chi connectivity index (χ3n) is 4.54. The standard InChI is InChI=1S/C19H16ClF3NO7P/c1-2-10-7-13(24(26)27)16(32(28)31-18-6-5-17(25)30-18)9-15(10)29-14-4-3-11(8-12(14)20)19(21,22)23/h3-4,7-9,18,32H,2,5-6H2,1H3. The fraction of sp³-hybridized carbons (Fsp3) is 0.316. The van der Waals surface area contributed by atoms with Gasteiger partial charge in [0, 0.05) is 24.1 Å². The van der Waals surface area contributed by atoms with Crippen molar-refractivity contribution in [1.82, 2.24) is 0 Å². The molecule has 172 valence electrons. The monoisotopic (exact) mass is 493 g/mol. The Labute approximate surface area is 185 Å². The molecule has 0 bridgehead atoms. The van der Waals surface area contributed by atoms with Crippen LogP contribution in [0.15, 0.2) is 30.3 Å². The van der Waals surface area contributed by atoms with Gasteiger partial charge in [-0.2, -0.15) is 13.2 Å². The Kier molecular flexibility index (Phi) is 7.12. The summed E-state index contributed by atoms with van der Waals surface area (Å²) in [4.78, 5) is 22.0. The fourth-order valence-electron chi connectivity index (χ4n) is 2.94. The first-order chi connectivity index (χ1) is 15.0. The van der Waals surface area contributed by atoms with Crippen molar-refractivity contribution in [2.75, 3.05) is 0 Å². The number of carbonyl (C=O) groups excluding carboxylic acids is 1. The van der Waals surface area contributed by atoms with Crippen LogP contribution >= 0.6 is 19.6 Å². The lowest BCUT2D eigenvalue weighted by Crippen LogP contribution is -2.14. The maximum absolute atomic E-state index is 12.9. The molecule has 0 saturated carbocycles. The molecule has 0 amide bonds. The van der Waals surface area contributed by atoms with Gasteiger partial charge in [0.2, 0.25) is 14.3 Å². The van der Waals surface area contributed by atoms with Crippen LogP contribution in [0, 0.1) is 10.1 Å². The molecule has 2 aromatic rings. The van der Waals surface area contributed by atoms with Crippen molar-refractivity contribution in [3.05, 3.63) is 56.6 Å². The van der Waals surface area contributed by atoms with Gasteiger partial charge in [0.25, 0.3) is 5.69 Å². The Morgan fingerprint density at radius 2 is 2.00 bits per heavy atom. The first-order valence-corrected chi connectivity index (χ1v) is 11.0. The molecule has 0 aliphatic carbocycles. The number of cyclic esters (lactones) is 1. The number of rotatable bonds is 7. The first kappa shape index (κ1) is 24.0. The van der Waals surface area contributed by atoms with Gasteiger partial charge < -0.3 is 9.47 Å². The van der Waals surface area contributed by atoms with E-state index >= 15 is 0 Å². The van der Waals surface area contributed by atoms with Crippen molar-refractivity contribution in [2.45, 2.75) is 38.7 Å². The molecular formula is C19H16ClF3NO7P. The van der Waals surface area contributed by atoms with Crippen LogP contribution in [0.2, 0.25) is 5.02 Å². The van der Waals surface area contributed by atoms with Gasteiger partial charge in [-0.3, -0.25) is 24.0 Å². The Balaban J connectivity index is 1.97. The van der Waals surface area contributed by atoms with E-state index in [1.165, 1.54) is 0 Å². The molecule has 3 rings (SSSR count). The number of nitrogens with zero attached hydrogens (tertiary/aromatic N) is 1. The Morgan fingerprint density at radius 3 is 2.53 bits per heavy atom. The van der Waals surface area contributed by atoms with E-state index in [0.717, 1.165) is 24.3 Å². The number of ether oxygens (including phenoxy) is 2. The lowest BCUT2D eigenvalue weighted by atomic mass is 10.1. The highest BCUT2D eigenvalue weighted by atomic mass is 35.5. The molecular weight excluding hydrogens is 478 g/mol. The minimum Gasteiger partial charge on any atom is -0.455 e. The van der Waals surface area contributed by atoms with Crippen molar-refractivity contribution in [2.24, 2.45) is 0 Å². The maximum Gasteiger partial charge on any atom is 0.416 e. The van der Waals surface area contributed by atoms with Crippen LogP contribution in [-0.4, -0.2) is 17.2 Å². The van der Waals surface area contributed by atoms with Gasteiger partial charge in [-0.1, -0.05) is 18.5 Å². The molecule has 0 aromatic heterocycles. The normalized spacial score (nSPS) is 17.2. The average molecular weight is 494 g/mol. The number of hydrogen-bond acceptors (Lipinski definition) is 7. The number of carbonyl (C=O) groups is 1. The minimum absolute atomic E-state index is 0.0140. The summed E-state index contributed by atoms with van der Waals surface area (Å²) in [6.07, 6.45) is -5.21. The van der Waals surface area contributed by atoms with Crippen molar-refractivity contribution in [3.8, 4) is 11.5 Å². The molecule has 0 radical (unpaired) electrons. The number of aryl methyl sites for hydroxylation is 1. The van der Waals surface area contributed by atoms with E-state index in [1.54, 1.807) is 6.92 Å². The van der Waals surface area contributed by atoms with Gasteiger partial charge in [0.15, 0.2) is 0 Å². The number of alkyl halides is 3. The zero-order valence-corrected chi connectivity index (χ0v) is 18.2. The molecule has 1 heterocycles. The molecule has 1 aliphatic heterocycles. The summed E-state index contributed by atoms with van der Waals surface area (Å²) in [5.74, 6) is -0.652. The number of halogens is 4. The summed E-state index contributed by atoms with van der Waals surface area (Å²) in [5, 5.41) is 10.9. The van der Waals surface area contributed by atoms with E-state index in [1.807, 2.05) is 0 Å². The Morgan fingerprint density at radius 1 is 1.28 bits per heavy atom. The average Bonchev–Trinajstić information content (AvgIpc) is 3.12. The zero-order chi connectivity index (χ0) is 23.6. The van der Waals surface area contributed by atoms with Gasteiger partial charge in [0.1, 0.15) is 16.8 Å². The van der Waals surface area contributed by atoms with Crippen LogP contribution in [0.1, 0.15) is 30.9 Å². The lowest BCUT2D eigenvalue weighted by Gasteiger charge is -2.16. The molecule has 0 spiro atoms. The second-order valence-electron chi connectivity index (χ2n) is 6.70. The number of esters is 1. The highest BCUT2D eigenvalue weighted by molar-refractivity contribution is 7.48. The van der Waals surface area contributed by atoms with Crippen molar-refractivity contribution in [3.63, 3.8) is 0 Å². The number of hydrogen-bond donors (Lipinski definition) is 0. The van der Waals surface area contributed by atoms with Crippen LogP contribution < -0.4 is 10.0 Å². The van der Waals surface area contributed by atoms with E-state index in [4.69, 9.17) is 25.6 Å². The van der Waals surface area contributed by atoms with Crippen LogP contribution in [0.4, 0.5) is 18.9 Å². The number of nitro benzene ring substituents is 1. The zero-order valence-electron chi connectivity index (χ0n) is 16.4. The minimum atomic E-state index is -4.60. The van der Waals surface area contributed by atoms with Crippen molar-refractivity contribution >= 4 is 36.6 Å². The van der Waals surface area contributed by atoms with E-state index < -0.39 is 42.6 Å². The van der Waals surface area contributed by atoms with Gasteiger partial charge in [-0.05, 0) is 24.6 Å². The topological polar surface area (TPSA) is 105 Å². The third kappa shape index (κ3) is 5.40. The van der Waals surface area contributed by atoms with Crippen molar-refractivity contribution < 1.29 is 41.5 Å². The van der Waals surface area contributed by atoms with E-state index in [9.17, 15) is 32.6 Å². The second kappa shape index (κ2) is 9.48. The molecule has 8 nitrogen and oxygen atoms in total. The Hall–Kier alpha value is -2.62. The third-order valence-corrected chi connectivity index (χ3v) is 6.15. The summed E-state index contributed by atoms with van der Waals surface area (Å²) in [6.45, 7) is 1.68. The van der Waals surface area contributed by atoms with Crippen LogP contribution in [0.5, 0.6) is 11.5 Å². The summed E-state index contributed by atoms with van der Waals surface area (Å²) >= 11 is 5.93. The maximum atomic E-state index is 12.9. The molecule has 13 heteroatoms. The molecule has 2 atom stereocenters. The second-order valence-corrected chi connectivity index (χ2v) is 8.45. The van der Waals surface area contributed by atoms with Gasteiger partial charge in [-0.15, -0.1) is 0 Å². The summed E-state index contributed by atoms with van der Waals surface area (Å²) in [7, 11) is -3.25. The van der Waals surface area contributed by atoms with Crippen LogP contribution in [-0.2, 0) is 31.2 Å². The molecule has 1 saturated heterocycles. The SMILES string of the molecule is CCc1cc([N+](=O)[O-])c([PH](=O)OC2CCC(=O)O2)cc1Oc1ccc(C(F)(F)F)cc1Cl. The summed E-state index contributed by atoms with van der Waals surface area (Å²) < 4.78 is 67.0. The largest absolute Gasteiger partial charge is 0.455 e. The summed E-state index contributed by atoms with van der Waals surface area (Å²) in [5.41, 5.74) is -1.13. The summed E-state index contributed by atoms with van der Waals surface area (Å²) in [6, 6.07) is 4.76. The van der Waals surface area contributed by atoms with Crippen LogP contribution in [0.25, 0.3) is 0 Å². The smallest absolute Gasteiger partial charge is 0.416 e. The van der Waals surface area contributed by atoms with E-state index in [-0.39, 0.29) is 41.1 Å². The van der Waals surface area contributed by atoms with E-state index in [2.05, 4.69) is 0 Å². The fourth-order valence-corrected chi connectivity index (χ4v) is 4.31.